The highest BCUT2D eigenvalue weighted by atomic mass is 32.1. The molecule has 0 atom stereocenters. The van der Waals surface area contributed by atoms with Gasteiger partial charge in [0, 0.05) is 5.56 Å². The number of thiazole rings is 1. The largest absolute Gasteiger partial charge is 0.495 e. The zero-order chi connectivity index (χ0) is 26.4. The van der Waals surface area contributed by atoms with E-state index in [-0.39, 0.29) is 15.8 Å². The van der Waals surface area contributed by atoms with Crippen molar-refractivity contribution in [1.82, 2.24) is 4.57 Å². The second-order valence-electron chi connectivity index (χ2n) is 7.62. The van der Waals surface area contributed by atoms with Gasteiger partial charge in [-0.05, 0) is 36.4 Å². The molecule has 0 unspecified atom stereocenters. The summed E-state index contributed by atoms with van der Waals surface area (Å²) < 4.78 is 18.0. The molecule has 0 fully saturated rings. The number of hydrogen-bond donors (Lipinski definition) is 1. The van der Waals surface area contributed by atoms with Gasteiger partial charge in [-0.2, -0.15) is 5.26 Å². The molecule has 9 heteroatoms. The number of ether oxygens (including phenoxy) is 3. The van der Waals surface area contributed by atoms with Crippen LogP contribution in [0.5, 0.6) is 17.2 Å². The van der Waals surface area contributed by atoms with Crippen LogP contribution in [0.25, 0.3) is 17.3 Å². The van der Waals surface area contributed by atoms with Crippen LogP contribution in [0.3, 0.4) is 0 Å². The summed E-state index contributed by atoms with van der Waals surface area (Å²) in [7, 11) is 4.53. The maximum Gasteiger partial charge on any atom is 0.273 e. The van der Waals surface area contributed by atoms with Crippen molar-refractivity contribution >= 4 is 34.6 Å². The lowest BCUT2D eigenvalue weighted by atomic mass is 10.2. The van der Waals surface area contributed by atoms with Gasteiger partial charge in [0.15, 0.2) is 17.1 Å². The van der Waals surface area contributed by atoms with Crippen LogP contribution in [0, 0.1) is 11.3 Å². The van der Waals surface area contributed by atoms with E-state index in [0.717, 1.165) is 11.3 Å². The summed E-state index contributed by atoms with van der Waals surface area (Å²) >= 11 is 1.04. The minimum atomic E-state index is -0.663. The third kappa shape index (κ3) is 5.10. The molecular weight excluding hydrogens is 490 g/mol. The molecule has 0 radical (unpaired) electrons. The van der Waals surface area contributed by atoms with Gasteiger partial charge in [0.25, 0.3) is 11.5 Å². The average molecular weight is 514 g/mol. The lowest BCUT2D eigenvalue weighted by Crippen LogP contribution is -2.32. The summed E-state index contributed by atoms with van der Waals surface area (Å²) in [6.07, 6.45) is 1.66. The smallest absolute Gasteiger partial charge is 0.273 e. The monoisotopic (exact) mass is 513 g/mol. The molecule has 4 rings (SSSR count). The predicted molar refractivity (Wildman–Crippen MR) is 143 cm³/mol. The van der Waals surface area contributed by atoms with Gasteiger partial charge >= 0.3 is 0 Å². The Balaban J connectivity index is 1.98. The van der Waals surface area contributed by atoms with E-state index in [9.17, 15) is 14.9 Å². The fourth-order valence-electron chi connectivity index (χ4n) is 3.76. The highest BCUT2D eigenvalue weighted by Gasteiger charge is 2.19. The number of para-hydroxylation sites is 4. The van der Waals surface area contributed by atoms with Crippen LogP contribution in [0.15, 0.2) is 77.6 Å². The van der Waals surface area contributed by atoms with Crippen molar-refractivity contribution in [2.45, 2.75) is 0 Å². The van der Waals surface area contributed by atoms with E-state index in [2.05, 4.69) is 5.32 Å². The summed E-state index contributed by atoms with van der Waals surface area (Å²) in [4.78, 5) is 26.9. The molecule has 0 aliphatic carbocycles. The van der Waals surface area contributed by atoms with Gasteiger partial charge in [0.05, 0.1) is 37.2 Å². The van der Waals surface area contributed by atoms with Crippen LogP contribution in [-0.2, 0) is 4.79 Å². The summed E-state index contributed by atoms with van der Waals surface area (Å²) in [6, 6.07) is 23.0. The van der Waals surface area contributed by atoms with E-state index in [1.54, 1.807) is 72.8 Å². The van der Waals surface area contributed by atoms with Crippen LogP contribution in [0.2, 0.25) is 0 Å². The third-order valence-corrected chi connectivity index (χ3v) is 6.56. The molecule has 4 aromatic rings. The Morgan fingerprint density at radius 3 is 2.27 bits per heavy atom. The molecule has 1 aromatic heterocycles. The lowest BCUT2D eigenvalue weighted by Gasteiger charge is -2.09. The van der Waals surface area contributed by atoms with E-state index in [1.807, 2.05) is 12.1 Å². The van der Waals surface area contributed by atoms with Crippen LogP contribution < -0.4 is 34.3 Å². The molecule has 8 nitrogen and oxygen atoms in total. The zero-order valence-corrected chi connectivity index (χ0v) is 21.2. The molecule has 0 saturated carbocycles. The Hall–Kier alpha value is -4.81. The second kappa shape index (κ2) is 11.3. The molecule has 0 aliphatic rings. The molecule has 0 saturated heterocycles. The number of nitriles is 1. The summed E-state index contributed by atoms with van der Waals surface area (Å²) in [5.74, 6) is 0.753. The van der Waals surface area contributed by atoms with Gasteiger partial charge in [-0.3, -0.25) is 14.2 Å². The van der Waals surface area contributed by atoms with Crippen molar-refractivity contribution in [1.29, 1.82) is 5.26 Å². The minimum absolute atomic E-state index is 0.194. The number of nitrogens with one attached hydrogen (secondary N) is 1. The summed E-state index contributed by atoms with van der Waals surface area (Å²) in [6.45, 7) is 0. The van der Waals surface area contributed by atoms with Crippen LogP contribution in [-0.4, -0.2) is 31.8 Å². The Kier molecular flexibility index (Phi) is 7.71. The molecular formula is C28H23N3O5S. The Morgan fingerprint density at radius 1 is 0.919 bits per heavy atom. The van der Waals surface area contributed by atoms with Crippen molar-refractivity contribution in [3.05, 3.63) is 97.9 Å². The van der Waals surface area contributed by atoms with Crippen LogP contribution in [0.4, 0.5) is 5.69 Å². The van der Waals surface area contributed by atoms with Crippen LogP contribution >= 0.6 is 11.3 Å². The average Bonchev–Trinajstić information content (AvgIpc) is 3.24. The van der Waals surface area contributed by atoms with Crippen LogP contribution in [0.1, 0.15) is 5.56 Å². The number of methoxy groups -OCH3 is 3. The zero-order valence-electron chi connectivity index (χ0n) is 20.3. The van der Waals surface area contributed by atoms with Crippen molar-refractivity contribution in [3.63, 3.8) is 0 Å². The predicted octanol–water partition coefficient (Wildman–Crippen LogP) is 3.07. The van der Waals surface area contributed by atoms with Crippen molar-refractivity contribution in [2.24, 2.45) is 0 Å². The molecule has 0 bridgehead atoms. The topological polar surface area (TPSA) is 103 Å². The minimum Gasteiger partial charge on any atom is -0.495 e. The third-order valence-electron chi connectivity index (χ3n) is 5.47. The Labute approximate surface area is 216 Å². The van der Waals surface area contributed by atoms with Crippen molar-refractivity contribution in [3.8, 4) is 29.0 Å². The number of amides is 1. The highest BCUT2D eigenvalue weighted by molar-refractivity contribution is 7.07. The molecule has 37 heavy (non-hydrogen) atoms. The van der Waals surface area contributed by atoms with E-state index in [1.165, 1.54) is 25.9 Å². The molecule has 186 valence electrons. The Bertz CT molecular complexity index is 1670. The number of rotatable bonds is 7. The second-order valence-corrected chi connectivity index (χ2v) is 8.65. The van der Waals surface area contributed by atoms with Gasteiger partial charge in [-0.1, -0.05) is 42.5 Å². The number of nitrogens with zero attached hydrogens (tertiary/aromatic N) is 2. The van der Waals surface area contributed by atoms with Crippen molar-refractivity contribution in [2.75, 3.05) is 26.6 Å². The van der Waals surface area contributed by atoms with Gasteiger partial charge < -0.3 is 19.5 Å². The number of benzene rings is 3. The summed E-state index contributed by atoms with van der Waals surface area (Å²) in [5.41, 5.74) is 0.946. The molecule has 3 aromatic carbocycles. The van der Waals surface area contributed by atoms with E-state index >= 15 is 0 Å². The number of carbonyl (C=O) groups is 1. The van der Waals surface area contributed by atoms with E-state index < -0.39 is 5.91 Å². The normalized spacial score (nSPS) is 11.9. The van der Waals surface area contributed by atoms with Gasteiger partial charge in [0.2, 0.25) is 0 Å². The van der Waals surface area contributed by atoms with E-state index in [4.69, 9.17) is 14.2 Å². The summed E-state index contributed by atoms with van der Waals surface area (Å²) in [5, 5.41) is 12.8. The van der Waals surface area contributed by atoms with Crippen molar-refractivity contribution < 1.29 is 19.0 Å². The SMILES string of the molecule is COc1ccccc1NC(=O)/C(C#N)=c1\s/c(=C/c2cccc(OC)c2OC)c(=O)n1-c1ccccc1. The van der Waals surface area contributed by atoms with Gasteiger partial charge in [0.1, 0.15) is 16.5 Å². The van der Waals surface area contributed by atoms with Gasteiger partial charge in [-0.25, -0.2) is 0 Å². The van der Waals surface area contributed by atoms with Gasteiger partial charge in [-0.15, -0.1) is 11.3 Å². The number of carbonyl (C=O) groups excluding carboxylic acids is 1. The first kappa shape index (κ1) is 25.3. The molecule has 0 spiro atoms. The molecule has 1 N–H and O–H groups in total. The first-order valence-electron chi connectivity index (χ1n) is 11.1. The fraction of sp³-hybridized carbons (Fsp3) is 0.107. The van der Waals surface area contributed by atoms with E-state index in [0.29, 0.717) is 38.7 Å². The number of aromatic nitrogens is 1. The molecule has 1 amide bonds. The molecule has 0 aliphatic heterocycles. The fourth-order valence-corrected chi connectivity index (χ4v) is 4.85. The maximum absolute atomic E-state index is 13.6. The Morgan fingerprint density at radius 2 is 1.59 bits per heavy atom. The quantitative estimate of drug-likeness (QED) is 0.408. The highest BCUT2D eigenvalue weighted by Crippen LogP contribution is 2.31. The maximum atomic E-state index is 13.6. The standard InChI is InChI=1S/C28H23N3O5S/c1-34-22-14-8-7-13-21(22)30-26(32)20(17-29)28-31(19-11-5-4-6-12-19)27(33)24(37-28)16-18-10-9-15-23(35-2)25(18)36-3/h4-16H,1-3H3,(H,30,32)/b24-16+,28-20-. The number of anilines is 1. The lowest BCUT2D eigenvalue weighted by molar-refractivity contribution is -0.111. The first-order chi connectivity index (χ1) is 18.0. The molecule has 1 heterocycles. The number of hydrogen-bond acceptors (Lipinski definition) is 7. The first-order valence-corrected chi connectivity index (χ1v) is 11.9.